The van der Waals surface area contributed by atoms with Crippen molar-refractivity contribution in [2.75, 3.05) is 27.2 Å². The Balaban J connectivity index is 0.000000925. The second kappa shape index (κ2) is 19.7. The number of nitrogens with zero attached hydrogens (tertiary/aromatic N) is 7. The van der Waals surface area contributed by atoms with Gasteiger partial charge in [-0.25, -0.2) is 29.3 Å². The van der Waals surface area contributed by atoms with Crippen molar-refractivity contribution in [3.8, 4) is 33.8 Å². The molecule has 2 aromatic carbocycles. The van der Waals surface area contributed by atoms with E-state index in [0.29, 0.717) is 47.9 Å². The highest BCUT2D eigenvalue weighted by Gasteiger charge is 2.41. The number of carboxylic acid groups (broad SMARTS) is 2. The van der Waals surface area contributed by atoms with Crippen molar-refractivity contribution in [2.45, 2.75) is 82.9 Å². The number of aromatic nitrogens is 6. The van der Waals surface area contributed by atoms with Gasteiger partial charge < -0.3 is 45.1 Å². The van der Waals surface area contributed by atoms with E-state index in [2.05, 4.69) is 30.0 Å². The molecule has 346 valence electrons. The van der Waals surface area contributed by atoms with Crippen molar-refractivity contribution in [3.05, 3.63) is 72.7 Å². The predicted molar refractivity (Wildman–Crippen MR) is 227 cm³/mol. The molecule has 2 aliphatic rings. The number of aromatic amines is 2. The Bertz CT molecular complexity index is 2530. The van der Waals surface area contributed by atoms with Crippen LogP contribution in [0.3, 0.4) is 0 Å². The monoisotopic (exact) mass is 906 g/mol. The predicted octanol–water partition coefficient (Wildman–Crippen LogP) is 5.78. The highest BCUT2D eigenvalue weighted by Crippen LogP contribution is 2.35. The molecule has 5 aromatic rings. The van der Waals surface area contributed by atoms with Crippen LogP contribution in [0.1, 0.15) is 70.2 Å². The Kier molecular flexibility index (Phi) is 14.4. The molecule has 22 heteroatoms. The summed E-state index contributed by atoms with van der Waals surface area (Å²) in [4.78, 5) is 89.6. The van der Waals surface area contributed by atoms with Crippen LogP contribution < -0.4 is 5.32 Å². The number of carbonyl (C=O) groups excluding carboxylic acids is 3. The number of aliphatic hydroxyl groups excluding tert-OH is 1. The van der Waals surface area contributed by atoms with Crippen molar-refractivity contribution >= 4 is 41.0 Å². The lowest BCUT2D eigenvalue weighted by Crippen LogP contribution is -2.53. The van der Waals surface area contributed by atoms with Gasteiger partial charge in [0.15, 0.2) is 0 Å². The van der Waals surface area contributed by atoms with Crippen LogP contribution in [0, 0.1) is 5.92 Å². The zero-order valence-corrected chi connectivity index (χ0v) is 36.0. The number of methoxy groups -OCH3 is 1. The number of aliphatic carboxylic acids is 1. The second-order valence-electron chi connectivity index (χ2n) is 16.0. The van der Waals surface area contributed by atoms with E-state index >= 15 is 0 Å². The van der Waals surface area contributed by atoms with Crippen LogP contribution in [-0.2, 0) is 19.1 Å². The number of rotatable bonds is 11. The van der Waals surface area contributed by atoms with E-state index in [1.54, 1.807) is 28.4 Å². The average molecular weight is 907 g/mol. The van der Waals surface area contributed by atoms with Crippen LogP contribution in [0.4, 0.5) is 22.8 Å². The average Bonchev–Trinajstić information content (AvgIpc) is 4.12. The minimum Gasteiger partial charge on any atom is -0.475 e. The van der Waals surface area contributed by atoms with E-state index in [1.807, 2.05) is 56.3 Å². The molecular weight excluding hydrogens is 858 g/mol. The molecule has 5 heterocycles. The molecule has 3 aromatic heterocycles. The first-order valence-electron chi connectivity index (χ1n) is 20.7. The zero-order valence-electron chi connectivity index (χ0n) is 36.0. The third-order valence-corrected chi connectivity index (χ3v) is 11.3. The summed E-state index contributed by atoms with van der Waals surface area (Å²) in [5, 5.41) is 29.4. The van der Waals surface area contributed by atoms with Crippen LogP contribution in [0.5, 0.6) is 0 Å². The number of imidazole rings is 2. The summed E-state index contributed by atoms with van der Waals surface area (Å²) in [6.07, 6.45) is 0.0242. The lowest BCUT2D eigenvalue weighted by molar-refractivity contribution is -0.192. The van der Waals surface area contributed by atoms with Crippen LogP contribution in [-0.4, -0.2) is 142 Å². The first kappa shape index (κ1) is 47.4. The van der Waals surface area contributed by atoms with E-state index in [0.717, 1.165) is 52.2 Å². The molecule has 2 aliphatic heterocycles. The highest BCUT2D eigenvalue weighted by atomic mass is 19.4. The fourth-order valence-corrected chi connectivity index (χ4v) is 8.01. The summed E-state index contributed by atoms with van der Waals surface area (Å²) in [6, 6.07) is 11.1. The van der Waals surface area contributed by atoms with Gasteiger partial charge in [-0.05, 0) is 56.2 Å². The number of fused-ring (bicyclic) bond motifs is 1. The molecule has 0 radical (unpaired) electrons. The number of alkyl carbamates (subject to hydrolysis) is 1. The molecule has 0 spiro atoms. The molecule has 19 nitrogen and oxygen atoms in total. The van der Waals surface area contributed by atoms with Gasteiger partial charge in [-0.15, -0.1) is 0 Å². The van der Waals surface area contributed by atoms with Crippen LogP contribution in [0.25, 0.3) is 44.8 Å². The number of hydrogen-bond acceptors (Lipinski definition) is 11. The van der Waals surface area contributed by atoms with Crippen LogP contribution in [0.15, 0.2) is 61.1 Å². The van der Waals surface area contributed by atoms with Gasteiger partial charge in [0.05, 0.1) is 72.0 Å². The summed E-state index contributed by atoms with van der Waals surface area (Å²) >= 11 is 0. The fraction of sp³-hybridized carbons (Fsp3) is 0.419. The number of benzene rings is 2. The molecule has 0 bridgehead atoms. The minimum atomic E-state index is -5.08. The molecule has 4 amide bonds. The van der Waals surface area contributed by atoms with Gasteiger partial charge in [0, 0.05) is 31.3 Å². The van der Waals surface area contributed by atoms with Gasteiger partial charge >= 0.3 is 24.3 Å². The second-order valence-corrected chi connectivity index (χ2v) is 16.0. The Hall–Kier alpha value is -7.10. The third kappa shape index (κ3) is 10.6. The van der Waals surface area contributed by atoms with E-state index in [-0.39, 0.29) is 23.9 Å². The van der Waals surface area contributed by atoms with E-state index in [1.165, 1.54) is 21.1 Å². The topological polar surface area (TPSA) is 260 Å². The van der Waals surface area contributed by atoms with Gasteiger partial charge in [-0.2, -0.15) is 13.2 Å². The quantitative estimate of drug-likeness (QED) is 0.0920. The molecular formula is C43H49F3N10O9. The SMILES string of the molecule is COC(=O)N[C@H](C(=O)N1CCC[C@H]1c1ncc(-c2ccc3nc(-c4ccc(-c5cnc([C@@H]6CCCN6C(=O)[C@H](C(C)C)N(C)C(=O)O)[nH]5)cc4)cnc3c2)[nH]1)[C@@H](C)O.O=C(O)C(F)(F)F. The fourth-order valence-electron chi connectivity index (χ4n) is 8.01. The maximum atomic E-state index is 13.6. The number of amides is 4. The number of H-pyrrole nitrogens is 2. The first-order chi connectivity index (χ1) is 30.8. The molecule has 7 rings (SSSR count). The molecule has 2 saturated heterocycles. The Morgan fingerprint density at radius 3 is 1.83 bits per heavy atom. The Morgan fingerprint density at radius 1 is 0.800 bits per heavy atom. The van der Waals surface area contributed by atoms with E-state index < -0.39 is 48.4 Å². The van der Waals surface area contributed by atoms with Crippen molar-refractivity contribution in [2.24, 2.45) is 5.92 Å². The van der Waals surface area contributed by atoms with Gasteiger partial charge in [0.2, 0.25) is 11.8 Å². The summed E-state index contributed by atoms with van der Waals surface area (Å²) in [5.74, 6) is -2.29. The number of likely N-dealkylation sites (tertiary alicyclic amines) is 2. The summed E-state index contributed by atoms with van der Waals surface area (Å²) < 4.78 is 36.4. The smallest absolute Gasteiger partial charge is 0.475 e. The van der Waals surface area contributed by atoms with Crippen molar-refractivity contribution in [1.82, 2.24) is 49.9 Å². The molecule has 6 N–H and O–H groups in total. The lowest BCUT2D eigenvalue weighted by atomic mass is 10.0. The van der Waals surface area contributed by atoms with E-state index in [4.69, 9.17) is 19.9 Å². The van der Waals surface area contributed by atoms with Crippen molar-refractivity contribution in [3.63, 3.8) is 0 Å². The number of likely N-dealkylation sites (N-methyl/N-ethyl adjacent to an activating group) is 1. The number of halogens is 3. The van der Waals surface area contributed by atoms with Crippen LogP contribution >= 0.6 is 0 Å². The number of carbonyl (C=O) groups is 5. The number of alkyl halides is 3. The van der Waals surface area contributed by atoms with Crippen molar-refractivity contribution in [1.29, 1.82) is 0 Å². The standard InChI is InChI=1S/C41H48N10O7.C2HF3O2/c1-22(2)35(49(4)41(56)57)39(54)51-17-7-9-33(51)37-43-20-30(46-37)25-12-10-24(11-13-25)29-19-42-28-18-26(14-15-27(28)45-29)31-21-44-36(47-31)32-8-6-16-50(32)38(53)34(23(3)52)48-40(55)58-5;3-2(4,5)1(6)7/h10-15,18-23,32-35,52H,6-9,16-17H2,1-5H3,(H,43,46)(H,44,47)(H,48,55)(H,56,57);(H,6,7)/t23-,32+,33+,34+,35+;/m1./s1. The summed E-state index contributed by atoms with van der Waals surface area (Å²) in [7, 11) is 2.64. The van der Waals surface area contributed by atoms with E-state index in [9.17, 15) is 42.6 Å². The molecule has 0 unspecified atom stereocenters. The Morgan fingerprint density at radius 2 is 1.32 bits per heavy atom. The number of aliphatic hydroxyl groups is 1. The molecule has 5 atom stereocenters. The maximum Gasteiger partial charge on any atom is 0.490 e. The lowest BCUT2D eigenvalue weighted by Gasteiger charge is -2.33. The van der Waals surface area contributed by atoms with Crippen molar-refractivity contribution < 1.29 is 57.2 Å². The van der Waals surface area contributed by atoms with Gasteiger partial charge in [0.1, 0.15) is 23.7 Å². The highest BCUT2D eigenvalue weighted by molar-refractivity contribution is 5.87. The normalized spacial score (nSPS) is 17.6. The zero-order chi connectivity index (χ0) is 47.3. The maximum absolute atomic E-state index is 13.6. The van der Waals surface area contributed by atoms with Gasteiger partial charge in [-0.3, -0.25) is 19.5 Å². The van der Waals surface area contributed by atoms with Gasteiger partial charge in [0.25, 0.3) is 0 Å². The van der Waals surface area contributed by atoms with Crippen LogP contribution in [0.2, 0.25) is 0 Å². The third-order valence-electron chi connectivity index (χ3n) is 11.3. The summed E-state index contributed by atoms with van der Waals surface area (Å²) in [5.41, 5.74) is 6.29. The van der Waals surface area contributed by atoms with Gasteiger partial charge in [-0.1, -0.05) is 44.2 Å². The Labute approximate surface area is 370 Å². The number of ether oxygens (including phenoxy) is 1. The number of carboxylic acids is 1. The number of hydrogen-bond donors (Lipinski definition) is 6. The largest absolute Gasteiger partial charge is 0.490 e. The minimum absolute atomic E-state index is 0.187. The first-order valence-corrected chi connectivity index (χ1v) is 20.7. The molecule has 2 fully saturated rings. The summed E-state index contributed by atoms with van der Waals surface area (Å²) in [6.45, 7) is 6.15. The molecule has 0 saturated carbocycles. The molecule has 65 heavy (non-hydrogen) atoms. The molecule has 0 aliphatic carbocycles. The number of nitrogens with one attached hydrogen (secondary N) is 3.